The lowest BCUT2D eigenvalue weighted by atomic mass is 10.2. The Labute approximate surface area is 93.3 Å². The first-order chi connectivity index (χ1) is 7.57. The van der Waals surface area contributed by atoms with Gasteiger partial charge >= 0.3 is 0 Å². The van der Waals surface area contributed by atoms with Gasteiger partial charge in [0.1, 0.15) is 10.7 Å². The van der Waals surface area contributed by atoms with Crippen LogP contribution in [0.5, 0.6) is 0 Å². The average Bonchev–Trinajstić information content (AvgIpc) is 2.85. The minimum atomic E-state index is -3.63. The van der Waals surface area contributed by atoms with Crippen molar-refractivity contribution in [2.75, 3.05) is 18.9 Å². The maximum atomic E-state index is 12.2. The number of aliphatic hydroxyl groups excluding tert-OH is 1. The van der Waals surface area contributed by atoms with Gasteiger partial charge in [0, 0.05) is 12.6 Å². The summed E-state index contributed by atoms with van der Waals surface area (Å²) < 4.78 is 25.6. The van der Waals surface area contributed by atoms with E-state index in [0.717, 1.165) is 6.42 Å². The van der Waals surface area contributed by atoms with Crippen molar-refractivity contribution in [1.82, 2.24) is 14.5 Å². The lowest BCUT2D eigenvalue weighted by Gasteiger charge is -2.21. The molecule has 0 aromatic carbocycles. The maximum absolute atomic E-state index is 12.2. The first-order valence-electron chi connectivity index (χ1n) is 4.99. The number of nitrogens with two attached hydrogens (primary N) is 1. The molecule has 7 nitrogen and oxygen atoms in total. The van der Waals surface area contributed by atoms with Gasteiger partial charge in [-0.15, -0.1) is 0 Å². The molecule has 1 aliphatic heterocycles. The largest absolute Gasteiger partial charge is 0.395 e. The van der Waals surface area contributed by atoms with Crippen LogP contribution in [-0.2, 0) is 10.0 Å². The van der Waals surface area contributed by atoms with E-state index in [9.17, 15) is 8.42 Å². The number of hydrogen-bond acceptors (Lipinski definition) is 5. The Morgan fingerprint density at radius 2 is 2.44 bits per heavy atom. The fourth-order valence-electron chi connectivity index (χ4n) is 1.93. The third-order valence-electron chi connectivity index (χ3n) is 2.75. The smallest absolute Gasteiger partial charge is 0.248 e. The topological polar surface area (TPSA) is 112 Å². The molecule has 0 bridgehead atoms. The van der Waals surface area contributed by atoms with Crippen LogP contribution in [-0.4, -0.2) is 47.2 Å². The summed E-state index contributed by atoms with van der Waals surface area (Å²) in [6.07, 6.45) is 2.62. The molecule has 90 valence electrons. The highest BCUT2D eigenvalue weighted by Gasteiger charge is 2.36. The number of H-pyrrole nitrogens is 1. The summed E-state index contributed by atoms with van der Waals surface area (Å²) in [6.45, 7) is 0.245. The molecule has 2 rings (SSSR count). The fourth-order valence-corrected chi connectivity index (χ4v) is 3.62. The number of aromatic amines is 1. The number of aliphatic hydroxyl groups is 1. The van der Waals surface area contributed by atoms with Crippen LogP contribution in [0, 0.1) is 0 Å². The second kappa shape index (κ2) is 4.04. The predicted octanol–water partition coefficient (Wildman–Crippen LogP) is -0.863. The highest BCUT2D eigenvalue weighted by Crippen LogP contribution is 2.27. The fraction of sp³-hybridized carbons (Fsp3) is 0.625. The Morgan fingerprint density at radius 1 is 1.69 bits per heavy atom. The molecule has 0 saturated carbocycles. The summed E-state index contributed by atoms with van der Waals surface area (Å²) >= 11 is 0. The molecule has 1 aromatic heterocycles. The van der Waals surface area contributed by atoms with E-state index >= 15 is 0 Å². The molecule has 1 aromatic rings. The quantitative estimate of drug-likeness (QED) is 0.642. The summed E-state index contributed by atoms with van der Waals surface area (Å²) in [4.78, 5) is -0.0205. The molecule has 0 amide bonds. The highest BCUT2D eigenvalue weighted by atomic mass is 32.2. The van der Waals surface area contributed by atoms with Gasteiger partial charge in [-0.25, -0.2) is 8.42 Å². The van der Waals surface area contributed by atoms with Gasteiger partial charge in [-0.05, 0) is 12.8 Å². The van der Waals surface area contributed by atoms with E-state index in [1.54, 1.807) is 0 Å². The molecule has 1 saturated heterocycles. The SMILES string of the molecule is Nc1[nH]ncc1S(=O)(=O)N1CCC[C@@H]1CO. The second-order valence-corrected chi connectivity index (χ2v) is 5.60. The molecule has 4 N–H and O–H groups in total. The maximum Gasteiger partial charge on any atom is 0.248 e. The van der Waals surface area contributed by atoms with Crippen LogP contribution in [0.2, 0.25) is 0 Å². The van der Waals surface area contributed by atoms with Crippen molar-refractivity contribution in [3.63, 3.8) is 0 Å². The number of aromatic nitrogens is 2. The number of nitrogen functional groups attached to an aromatic ring is 1. The number of rotatable bonds is 3. The van der Waals surface area contributed by atoms with Gasteiger partial charge in [-0.2, -0.15) is 9.40 Å². The van der Waals surface area contributed by atoms with E-state index in [1.165, 1.54) is 10.5 Å². The average molecular weight is 246 g/mol. The Bertz CT molecular complexity index is 469. The molecule has 1 fully saturated rings. The lowest BCUT2D eigenvalue weighted by molar-refractivity contribution is 0.213. The number of sulfonamides is 1. The summed E-state index contributed by atoms with van der Waals surface area (Å²) in [6, 6.07) is -0.348. The van der Waals surface area contributed by atoms with E-state index in [0.29, 0.717) is 13.0 Å². The zero-order valence-electron chi connectivity index (χ0n) is 8.63. The third kappa shape index (κ3) is 1.68. The van der Waals surface area contributed by atoms with E-state index in [-0.39, 0.29) is 23.4 Å². The Kier molecular flexibility index (Phi) is 2.87. The highest BCUT2D eigenvalue weighted by molar-refractivity contribution is 7.89. The van der Waals surface area contributed by atoms with Crippen LogP contribution >= 0.6 is 0 Å². The Balaban J connectivity index is 2.36. The van der Waals surface area contributed by atoms with Crippen molar-refractivity contribution < 1.29 is 13.5 Å². The van der Waals surface area contributed by atoms with Gasteiger partial charge < -0.3 is 10.8 Å². The van der Waals surface area contributed by atoms with Crippen LogP contribution < -0.4 is 5.73 Å². The van der Waals surface area contributed by atoms with Crippen LogP contribution in [0.3, 0.4) is 0 Å². The number of nitrogens with zero attached hydrogens (tertiary/aromatic N) is 2. The van der Waals surface area contributed by atoms with Crippen molar-refractivity contribution >= 4 is 15.8 Å². The number of nitrogens with one attached hydrogen (secondary N) is 1. The minimum Gasteiger partial charge on any atom is -0.395 e. The van der Waals surface area contributed by atoms with E-state index in [2.05, 4.69) is 10.2 Å². The van der Waals surface area contributed by atoms with Gasteiger partial charge in [0.15, 0.2) is 0 Å². The zero-order chi connectivity index (χ0) is 11.8. The zero-order valence-corrected chi connectivity index (χ0v) is 9.44. The van der Waals surface area contributed by atoms with Crippen molar-refractivity contribution in [2.45, 2.75) is 23.8 Å². The molecule has 0 aliphatic carbocycles. The Hall–Kier alpha value is -1.12. The molecular formula is C8H14N4O3S. The molecule has 1 atom stereocenters. The third-order valence-corrected chi connectivity index (χ3v) is 4.73. The van der Waals surface area contributed by atoms with E-state index in [1.807, 2.05) is 0 Å². The normalized spacial score (nSPS) is 22.7. The van der Waals surface area contributed by atoms with E-state index < -0.39 is 10.0 Å². The molecule has 2 heterocycles. The Morgan fingerprint density at radius 3 is 3.00 bits per heavy atom. The molecular weight excluding hydrogens is 232 g/mol. The van der Waals surface area contributed by atoms with Crippen LogP contribution in [0.1, 0.15) is 12.8 Å². The lowest BCUT2D eigenvalue weighted by Crippen LogP contribution is -2.37. The van der Waals surface area contributed by atoms with Crippen molar-refractivity contribution in [3.8, 4) is 0 Å². The van der Waals surface area contributed by atoms with Crippen LogP contribution in [0.15, 0.2) is 11.1 Å². The number of hydrogen-bond donors (Lipinski definition) is 3. The molecule has 0 spiro atoms. The molecule has 0 unspecified atom stereocenters. The number of anilines is 1. The molecule has 8 heteroatoms. The standard InChI is InChI=1S/C8H14N4O3S/c9-8-7(4-10-11-8)16(14,15)12-3-1-2-6(12)5-13/h4,6,13H,1-3,5H2,(H3,9,10,11)/t6-/m1/s1. The molecule has 0 radical (unpaired) electrons. The molecule has 16 heavy (non-hydrogen) atoms. The van der Waals surface area contributed by atoms with Crippen molar-refractivity contribution in [3.05, 3.63) is 6.20 Å². The first-order valence-corrected chi connectivity index (χ1v) is 6.43. The van der Waals surface area contributed by atoms with E-state index in [4.69, 9.17) is 10.8 Å². The van der Waals surface area contributed by atoms with Crippen molar-refractivity contribution in [2.24, 2.45) is 0 Å². The van der Waals surface area contributed by atoms with Crippen molar-refractivity contribution in [1.29, 1.82) is 0 Å². The summed E-state index contributed by atoms with van der Waals surface area (Å²) in [7, 11) is -3.63. The monoisotopic (exact) mass is 246 g/mol. The van der Waals surface area contributed by atoms with Gasteiger partial charge in [0.05, 0.1) is 12.8 Å². The molecule has 1 aliphatic rings. The first kappa shape index (κ1) is 11.4. The predicted molar refractivity (Wildman–Crippen MR) is 57.0 cm³/mol. The summed E-state index contributed by atoms with van der Waals surface area (Å²) in [5.41, 5.74) is 5.49. The van der Waals surface area contributed by atoms with Gasteiger partial charge in [0.2, 0.25) is 10.0 Å². The second-order valence-electron chi connectivity index (χ2n) is 3.74. The summed E-state index contributed by atoms with van der Waals surface area (Å²) in [5.74, 6) is 0.0311. The van der Waals surface area contributed by atoms with Gasteiger partial charge in [-0.1, -0.05) is 0 Å². The summed E-state index contributed by atoms with van der Waals surface area (Å²) in [5, 5.41) is 15.1. The minimum absolute atomic E-state index is 0.0205. The van der Waals surface area contributed by atoms with Gasteiger partial charge in [-0.3, -0.25) is 5.10 Å². The van der Waals surface area contributed by atoms with Crippen LogP contribution in [0.25, 0.3) is 0 Å². The van der Waals surface area contributed by atoms with Gasteiger partial charge in [0.25, 0.3) is 0 Å². The van der Waals surface area contributed by atoms with Crippen LogP contribution in [0.4, 0.5) is 5.82 Å².